The molecule has 0 saturated carbocycles. The van der Waals surface area contributed by atoms with E-state index in [1.54, 1.807) is 0 Å². The van der Waals surface area contributed by atoms with Gasteiger partial charge in [-0.15, -0.1) is 0 Å². The van der Waals surface area contributed by atoms with Gasteiger partial charge in [-0.25, -0.2) is 4.79 Å². The summed E-state index contributed by atoms with van der Waals surface area (Å²) in [4.78, 5) is 10.8. The van der Waals surface area contributed by atoms with Crippen LogP contribution >= 0.6 is 0 Å². The van der Waals surface area contributed by atoms with Gasteiger partial charge in [-0.3, -0.25) is 0 Å². The number of fused-ring (bicyclic) bond motifs is 1. The molecule has 0 bridgehead atoms. The average molecular weight is 191 g/mol. The van der Waals surface area contributed by atoms with E-state index in [9.17, 15) is 4.79 Å². The number of aliphatic carboxylic acids is 1. The zero-order valence-corrected chi connectivity index (χ0v) is 8.29. The third-order valence-electron chi connectivity index (χ3n) is 2.91. The molecule has 0 spiro atoms. The Hall–Kier alpha value is -1.51. The highest BCUT2D eigenvalue weighted by Gasteiger charge is 2.27. The van der Waals surface area contributed by atoms with Crippen LogP contribution in [0.2, 0.25) is 0 Å². The Morgan fingerprint density at radius 1 is 1.50 bits per heavy atom. The molecular formula is C11H13NO2. The van der Waals surface area contributed by atoms with Crippen LogP contribution in [0.15, 0.2) is 12.1 Å². The van der Waals surface area contributed by atoms with Gasteiger partial charge in [0.1, 0.15) is 6.04 Å². The van der Waals surface area contributed by atoms with Gasteiger partial charge in [0.25, 0.3) is 0 Å². The van der Waals surface area contributed by atoms with Crippen LogP contribution in [-0.2, 0) is 11.2 Å². The van der Waals surface area contributed by atoms with E-state index in [4.69, 9.17) is 5.11 Å². The maximum Gasteiger partial charge on any atom is 0.326 e. The van der Waals surface area contributed by atoms with Gasteiger partial charge in [0.05, 0.1) is 0 Å². The van der Waals surface area contributed by atoms with Crippen molar-refractivity contribution in [1.29, 1.82) is 0 Å². The first kappa shape index (κ1) is 9.06. The molecule has 1 heterocycles. The third kappa shape index (κ3) is 1.25. The lowest BCUT2D eigenvalue weighted by Crippen LogP contribution is -2.26. The number of rotatable bonds is 1. The topological polar surface area (TPSA) is 49.3 Å². The molecule has 1 aliphatic heterocycles. The van der Waals surface area contributed by atoms with Gasteiger partial charge in [0.15, 0.2) is 0 Å². The van der Waals surface area contributed by atoms with Gasteiger partial charge >= 0.3 is 5.97 Å². The van der Waals surface area contributed by atoms with Crippen molar-refractivity contribution in [1.82, 2.24) is 0 Å². The van der Waals surface area contributed by atoms with Crippen molar-refractivity contribution in [3.05, 3.63) is 28.8 Å². The standard InChI is InChI=1S/C11H13NO2/c1-6-3-4-9-8(7(6)2)5-10(12-9)11(13)14/h3-4,10,12H,5H2,1-2H3,(H,13,14)/t10-/m0/s1. The number of anilines is 1. The number of nitrogens with one attached hydrogen (secondary N) is 1. The summed E-state index contributed by atoms with van der Waals surface area (Å²) in [6.45, 7) is 4.09. The zero-order chi connectivity index (χ0) is 10.3. The minimum atomic E-state index is -0.779. The molecule has 0 aliphatic carbocycles. The molecule has 0 fully saturated rings. The molecule has 74 valence electrons. The molecule has 1 aromatic carbocycles. The normalized spacial score (nSPS) is 18.9. The lowest BCUT2D eigenvalue weighted by Gasteiger charge is -2.05. The van der Waals surface area contributed by atoms with E-state index >= 15 is 0 Å². The van der Waals surface area contributed by atoms with Crippen LogP contribution < -0.4 is 5.32 Å². The van der Waals surface area contributed by atoms with Crippen LogP contribution in [0, 0.1) is 13.8 Å². The second kappa shape index (κ2) is 3.01. The number of aryl methyl sites for hydroxylation is 1. The molecule has 2 rings (SSSR count). The van der Waals surface area contributed by atoms with Gasteiger partial charge in [0, 0.05) is 12.1 Å². The summed E-state index contributed by atoms with van der Waals surface area (Å²) in [5, 5.41) is 11.9. The molecule has 0 radical (unpaired) electrons. The van der Waals surface area contributed by atoms with E-state index < -0.39 is 12.0 Å². The molecule has 1 aromatic rings. The Labute approximate surface area is 82.8 Å². The largest absolute Gasteiger partial charge is 0.480 e. The number of hydrogen-bond donors (Lipinski definition) is 2. The molecule has 0 saturated heterocycles. The van der Waals surface area contributed by atoms with Crippen LogP contribution in [0.1, 0.15) is 16.7 Å². The number of carboxylic acids is 1. The van der Waals surface area contributed by atoms with Gasteiger partial charge < -0.3 is 10.4 Å². The minimum absolute atomic E-state index is 0.453. The number of carboxylic acid groups (broad SMARTS) is 1. The second-order valence-corrected chi connectivity index (χ2v) is 3.77. The van der Waals surface area contributed by atoms with E-state index in [1.165, 1.54) is 11.1 Å². The lowest BCUT2D eigenvalue weighted by molar-refractivity contribution is -0.137. The lowest BCUT2D eigenvalue weighted by atomic mass is 10.00. The van der Waals surface area contributed by atoms with E-state index in [0.29, 0.717) is 6.42 Å². The Bertz CT molecular complexity index is 399. The Kier molecular flexibility index (Phi) is 1.95. The molecule has 0 aromatic heterocycles. The van der Waals surface area contributed by atoms with E-state index in [-0.39, 0.29) is 0 Å². The zero-order valence-electron chi connectivity index (χ0n) is 8.29. The number of carbonyl (C=O) groups is 1. The van der Waals surface area contributed by atoms with E-state index in [1.807, 2.05) is 26.0 Å². The summed E-state index contributed by atoms with van der Waals surface area (Å²) in [5.41, 5.74) is 4.55. The Balaban J connectivity index is 2.40. The molecular weight excluding hydrogens is 178 g/mol. The summed E-state index contributed by atoms with van der Waals surface area (Å²) >= 11 is 0. The molecule has 14 heavy (non-hydrogen) atoms. The maximum atomic E-state index is 10.8. The Morgan fingerprint density at radius 3 is 2.86 bits per heavy atom. The summed E-state index contributed by atoms with van der Waals surface area (Å²) in [5.74, 6) is -0.779. The predicted octanol–water partition coefficient (Wildman–Crippen LogP) is 1.72. The predicted molar refractivity (Wildman–Crippen MR) is 54.7 cm³/mol. The van der Waals surface area contributed by atoms with Crippen molar-refractivity contribution in [3.63, 3.8) is 0 Å². The highest BCUT2D eigenvalue weighted by Crippen LogP contribution is 2.30. The van der Waals surface area contributed by atoms with Gasteiger partial charge in [-0.05, 0) is 36.6 Å². The van der Waals surface area contributed by atoms with Crippen LogP contribution in [0.25, 0.3) is 0 Å². The third-order valence-corrected chi connectivity index (χ3v) is 2.91. The molecule has 0 amide bonds. The van der Waals surface area contributed by atoms with E-state index in [0.717, 1.165) is 11.3 Å². The van der Waals surface area contributed by atoms with Gasteiger partial charge in [-0.2, -0.15) is 0 Å². The van der Waals surface area contributed by atoms with Crippen molar-refractivity contribution >= 4 is 11.7 Å². The van der Waals surface area contributed by atoms with Crippen molar-refractivity contribution in [2.45, 2.75) is 26.3 Å². The van der Waals surface area contributed by atoms with Crippen LogP contribution in [0.4, 0.5) is 5.69 Å². The van der Waals surface area contributed by atoms with Crippen LogP contribution in [0.3, 0.4) is 0 Å². The SMILES string of the molecule is Cc1ccc2c(c1C)C[C@@H](C(=O)O)N2. The Morgan fingerprint density at radius 2 is 2.21 bits per heavy atom. The number of hydrogen-bond acceptors (Lipinski definition) is 2. The van der Waals surface area contributed by atoms with Crippen LogP contribution in [-0.4, -0.2) is 17.1 Å². The maximum absolute atomic E-state index is 10.8. The molecule has 0 unspecified atom stereocenters. The van der Waals surface area contributed by atoms with Crippen molar-refractivity contribution < 1.29 is 9.90 Å². The van der Waals surface area contributed by atoms with Gasteiger partial charge in [0.2, 0.25) is 0 Å². The fraction of sp³-hybridized carbons (Fsp3) is 0.364. The monoisotopic (exact) mass is 191 g/mol. The summed E-state index contributed by atoms with van der Waals surface area (Å²) in [6.07, 6.45) is 0.595. The van der Waals surface area contributed by atoms with E-state index in [2.05, 4.69) is 5.32 Å². The quantitative estimate of drug-likeness (QED) is 0.710. The highest BCUT2D eigenvalue weighted by molar-refractivity contribution is 5.81. The minimum Gasteiger partial charge on any atom is -0.480 e. The van der Waals surface area contributed by atoms with Gasteiger partial charge in [-0.1, -0.05) is 6.07 Å². The molecule has 1 atom stereocenters. The molecule has 3 heteroatoms. The molecule has 1 aliphatic rings. The first-order valence-electron chi connectivity index (χ1n) is 4.68. The number of benzene rings is 1. The smallest absolute Gasteiger partial charge is 0.326 e. The first-order chi connectivity index (χ1) is 6.59. The van der Waals surface area contributed by atoms with Crippen molar-refractivity contribution in [3.8, 4) is 0 Å². The fourth-order valence-corrected chi connectivity index (χ4v) is 1.86. The highest BCUT2D eigenvalue weighted by atomic mass is 16.4. The first-order valence-corrected chi connectivity index (χ1v) is 4.68. The average Bonchev–Trinajstić information content (AvgIpc) is 2.56. The summed E-state index contributed by atoms with van der Waals surface area (Å²) in [6, 6.07) is 3.52. The summed E-state index contributed by atoms with van der Waals surface area (Å²) in [7, 11) is 0. The van der Waals surface area contributed by atoms with Crippen molar-refractivity contribution in [2.75, 3.05) is 5.32 Å². The fourth-order valence-electron chi connectivity index (χ4n) is 1.86. The van der Waals surface area contributed by atoms with Crippen molar-refractivity contribution in [2.24, 2.45) is 0 Å². The summed E-state index contributed by atoms with van der Waals surface area (Å²) < 4.78 is 0. The molecule has 2 N–H and O–H groups in total. The van der Waals surface area contributed by atoms with Crippen LogP contribution in [0.5, 0.6) is 0 Å². The second-order valence-electron chi connectivity index (χ2n) is 3.77. The molecule has 3 nitrogen and oxygen atoms in total.